The molecule has 0 aliphatic heterocycles. The molecule has 1 aromatic carbocycles. The Labute approximate surface area is 140 Å². The van der Waals surface area contributed by atoms with Crippen molar-refractivity contribution in [3.05, 3.63) is 64.0 Å². The number of furan rings is 1. The SMILES string of the molecule is O=C(OCc1nnsc1Cl)c1ccc(COc2ccccc2)o1. The molecule has 6 nitrogen and oxygen atoms in total. The van der Waals surface area contributed by atoms with Crippen LogP contribution in [-0.4, -0.2) is 15.6 Å². The number of para-hydroxylation sites is 1. The summed E-state index contributed by atoms with van der Waals surface area (Å²) in [5.74, 6) is 0.740. The maximum Gasteiger partial charge on any atom is 0.374 e. The highest BCUT2D eigenvalue weighted by Crippen LogP contribution is 2.19. The van der Waals surface area contributed by atoms with Crippen LogP contribution in [0.15, 0.2) is 46.9 Å². The lowest BCUT2D eigenvalue weighted by atomic mass is 10.3. The number of hydrogen-bond donors (Lipinski definition) is 0. The average molecular weight is 351 g/mol. The lowest BCUT2D eigenvalue weighted by Gasteiger charge is -2.03. The van der Waals surface area contributed by atoms with Crippen molar-refractivity contribution >= 4 is 29.1 Å². The van der Waals surface area contributed by atoms with Gasteiger partial charge in [0.25, 0.3) is 0 Å². The summed E-state index contributed by atoms with van der Waals surface area (Å²) in [5, 5.41) is 3.76. The van der Waals surface area contributed by atoms with E-state index in [4.69, 9.17) is 25.5 Å². The quantitative estimate of drug-likeness (QED) is 0.631. The van der Waals surface area contributed by atoms with Gasteiger partial charge in [-0.1, -0.05) is 34.3 Å². The molecular formula is C15H11ClN2O4S. The van der Waals surface area contributed by atoms with Crippen molar-refractivity contribution in [3.8, 4) is 5.75 Å². The number of halogens is 1. The molecule has 0 atom stereocenters. The van der Waals surface area contributed by atoms with E-state index in [-0.39, 0.29) is 19.0 Å². The minimum absolute atomic E-state index is 0.0509. The Hall–Kier alpha value is -2.38. The zero-order valence-electron chi connectivity index (χ0n) is 11.8. The molecule has 8 heteroatoms. The number of carbonyl (C=O) groups excluding carboxylic acids is 1. The number of rotatable bonds is 6. The molecule has 0 saturated carbocycles. The van der Waals surface area contributed by atoms with E-state index >= 15 is 0 Å². The molecule has 2 heterocycles. The van der Waals surface area contributed by atoms with Crippen LogP contribution in [0.4, 0.5) is 0 Å². The van der Waals surface area contributed by atoms with Crippen molar-refractivity contribution in [1.82, 2.24) is 9.59 Å². The van der Waals surface area contributed by atoms with Crippen LogP contribution in [0.2, 0.25) is 4.34 Å². The van der Waals surface area contributed by atoms with Gasteiger partial charge in [-0.3, -0.25) is 0 Å². The van der Waals surface area contributed by atoms with Crippen molar-refractivity contribution < 1.29 is 18.7 Å². The number of ether oxygens (including phenoxy) is 2. The van der Waals surface area contributed by atoms with Crippen molar-refractivity contribution in [3.63, 3.8) is 0 Å². The highest BCUT2D eigenvalue weighted by atomic mass is 35.5. The normalized spacial score (nSPS) is 10.5. The molecule has 0 aliphatic rings. The van der Waals surface area contributed by atoms with Gasteiger partial charge in [-0.05, 0) is 24.3 Å². The molecule has 0 amide bonds. The second-order valence-corrected chi connectivity index (χ2v) is 5.79. The number of nitrogens with zero attached hydrogens (tertiary/aromatic N) is 2. The monoisotopic (exact) mass is 350 g/mol. The first-order valence-electron chi connectivity index (χ1n) is 6.63. The molecule has 3 rings (SSSR count). The summed E-state index contributed by atoms with van der Waals surface area (Å²) in [7, 11) is 0. The Morgan fingerprint density at radius 1 is 1.17 bits per heavy atom. The zero-order valence-corrected chi connectivity index (χ0v) is 13.3. The summed E-state index contributed by atoms with van der Waals surface area (Å²) in [5.41, 5.74) is 0.421. The minimum atomic E-state index is -0.597. The van der Waals surface area contributed by atoms with Crippen LogP contribution >= 0.6 is 23.1 Å². The highest BCUT2D eigenvalue weighted by molar-refractivity contribution is 7.10. The van der Waals surface area contributed by atoms with E-state index in [0.717, 1.165) is 17.3 Å². The van der Waals surface area contributed by atoms with Crippen LogP contribution in [0, 0.1) is 0 Å². The van der Waals surface area contributed by atoms with Gasteiger partial charge in [0.2, 0.25) is 5.76 Å². The van der Waals surface area contributed by atoms with E-state index in [2.05, 4.69) is 9.59 Å². The lowest BCUT2D eigenvalue weighted by Crippen LogP contribution is -2.04. The topological polar surface area (TPSA) is 74.5 Å². The summed E-state index contributed by atoms with van der Waals surface area (Å²) >= 11 is 6.87. The Morgan fingerprint density at radius 2 is 2.00 bits per heavy atom. The molecule has 3 aromatic rings. The molecule has 2 aromatic heterocycles. The van der Waals surface area contributed by atoms with E-state index in [1.165, 1.54) is 6.07 Å². The van der Waals surface area contributed by atoms with Crippen LogP contribution in [0.5, 0.6) is 5.75 Å². The van der Waals surface area contributed by atoms with Crippen LogP contribution in [0.3, 0.4) is 0 Å². The fraction of sp³-hybridized carbons (Fsp3) is 0.133. The van der Waals surface area contributed by atoms with Gasteiger partial charge >= 0.3 is 5.97 Å². The fourth-order valence-corrected chi connectivity index (χ4v) is 2.33. The van der Waals surface area contributed by atoms with Gasteiger partial charge in [0, 0.05) is 11.5 Å². The van der Waals surface area contributed by atoms with Crippen LogP contribution < -0.4 is 4.74 Å². The predicted molar refractivity (Wildman–Crippen MR) is 83.5 cm³/mol. The largest absolute Gasteiger partial charge is 0.486 e. The number of aromatic nitrogens is 2. The molecule has 0 spiro atoms. The smallest absolute Gasteiger partial charge is 0.374 e. The van der Waals surface area contributed by atoms with E-state index in [9.17, 15) is 4.79 Å². The third kappa shape index (κ3) is 4.08. The molecule has 0 radical (unpaired) electrons. The summed E-state index contributed by atoms with van der Waals surface area (Å²) in [6.07, 6.45) is 0. The summed E-state index contributed by atoms with van der Waals surface area (Å²) in [6, 6.07) is 12.5. The third-order valence-corrected chi connectivity index (χ3v) is 3.82. The number of carbonyl (C=O) groups is 1. The van der Waals surface area contributed by atoms with Crippen LogP contribution in [0.25, 0.3) is 0 Å². The second-order valence-electron chi connectivity index (χ2n) is 4.44. The van der Waals surface area contributed by atoms with Crippen molar-refractivity contribution in [2.24, 2.45) is 0 Å². The molecule has 0 aliphatic carbocycles. The van der Waals surface area contributed by atoms with Gasteiger partial charge in [-0.15, -0.1) is 5.10 Å². The molecule has 0 fully saturated rings. The van der Waals surface area contributed by atoms with Crippen molar-refractivity contribution in [2.45, 2.75) is 13.2 Å². The number of benzene rings is 1. The first kappa shape index (κ1) is 15.5. The van der Waals surface area contributed by atoms with Gasteiger partial charge in [-0.2, -0.15) is 0 Å². The number of hydrogen-bond acceptors (Lipinski definition) is 7. The predicted octanol–water partition coefficient (Wildman–Crippen LogP) is 3.72. The van der Waals surface area contributed by atoms with Gasteiger partial charge in [-0.25, -0.2) is 4.79 Å². The maximum absolute atomic E-state index is 11.9. The van der Waals surface area contributed by atoms with E-state index in [0.29, 0.717) is 15.8 Å². The van der Waals surface area contributed by atoms with Crippen LogP contribution in [0.1, 0.15) is 22.0 Å². The van der Waals surface area contributed by atoms with Gasteiger partial charge in [0.15, 0.2) is 0 Å². The van der Waals surface area contributed by atoms with Crippen LogP contribution in [-0.2, 0) is 18.0 Å². The molecule has 0 N–H and O–H groups in total. The summed E-state index contributed by atoms with van der Waals surface area (Å²) in [4.78, 5) is 11.9. The molecule has 0 unspecified atom stereocenters. The standard InChI is InChI=1S/C15H11ClN2O4S/c16-14-12(17-18-23-14)9-21-15(19)13-7-6-11(22-13)8-20-10-4-2-1-3-5-10/h1-7H,8-9H2. The Morgan fingerprint density at radius 3 is 2.74 bits per heavy atom. The van der Waals surface area contributed by atoms with E-state index < -0.39 is 5.97 Å². The zero-order chi connectivity index (χ0) is 16.1. The first-order chi connectivity index (χ1) is 11.2. The van der Waals surface area contributed by atoms with Crippen molar-refractivity contribution in [2.75, 3.05) is 0 Å². The maximum atomic E-state index is 11.9. The lowest BCUT2D eigenvalue weighted by molar-refractivity contribution is 0.0427. The van der Waals surface area contributed by atoms with E-state index in [1.54, 1.807) is 6.07 Å². The highest BCUT2D eigenvalue weighted by Gasteiger charge is 2.15. The van der Waals surface area contributed by atoms with E-state index in [1.807, 2.05) is 30.3 Å². The first-order valence-corrected chi connectivity index (χ1v) is 7.78. The number of esters is 1. The Bertz CT molecular complexity index is 788. The summed E-state index contributed by atoms with van der Waals surface area (Å²) < 4.78 is 20.1. The molecule has 0 bridgehead atoms. The fourth-order valence-electron chi connectivity index (χ4n) is 1.72. The van der Waals surface area contributed by atoms with Gasteiger partial charge in [0.1, 0.15) is 34.8 Å². The molecule has 0 saturated heterocycles. The van der Waals surface area contributed by atoms with Gasteiger partial charge < -0.3 is 13.9 Å². The second kappa shape index (κ2) is 7.26. The van der Waals surface area contributed by atoms with Crippen molar-refractivity contribution in [1.29, 1.82) is 0 Å². The molecular weight excluding hydrogens is 340 g/mol. The Balaban J connectivity index is 1.54. The summed E-state index contributed by atoms with van der Waals surface area (Å²) in [6.45, 7) is 0.170. The minimum Gasteiger partial charge on any atom is -0.486 e. The Kier molecular flexibility index (Phi) is 4.89. The molecule has 23 heavy (non-hydrogen) atoms. The van der Waals surface area contributed by atoms with Gasteiger partial charge in [0.05, 0.1) is 0 Å². The average Bonchev–Trinajstić information content (AvgIpc) is 3.21. The third-order valence-electron chi connectivity index (χ3n) is 2.84. The molecule has 118 valence electrons.